The maximum atomic E-state index is 13.2. The van der Waals surface area contributed by atoms with Crippen molar-refractivity contribution < 1.29 is 14.1 Å². The third kappa shape index (κ3) is 3.24. The summed E-state index contributed by atoms with van der Waals surface area (Å²) < 4.78 is 19.9. The predicted octanol–water partition coefficient (Wildman–Crippen LogP) is 3.16. The van der Waals surface area contributed by atoms with E-state index >= 15 is 0 Å². The number of tetrazole rings is 1. The average molecular weight is 336 g/mol. The molecule has 0 amide bonds. The number of rotatable bonds is 4. The van der Waals surface area contributed by atoms with Crippen molar-refractivity contribution in [1.82, 2.24) is 20.2 Å². The molecule has 2 aromatic carbocycles. The molecule has 0 bridgehead atoms. The van der Waals surface area contributed by atoms with Gasteiger partial charge in [-0.3, -0.25) is 10.1 Å². The summed E-state index contributed by atoms with van der Waals surface area (Å²) in [4.78, 5) is 10.5. The van der Waals surface area contributed by atoms with Crippen LogP contribution < -0.4 is 4.74 Å². The van der Waals surface area contributed by atoms with Crippen LogP contribution in [0.4, 0.5) is 10.1 Å². The Hall–Kier alpha value is -3.07. The molecule has 0 radical (unpaired) electrons. The van der Waals surface area contributed by atoms with Crippen LogP contribution in [0.25, 0.3) is 5.69 Å². The summed E-state index contributed by atoms with van der Waals surface area (Å²) in [6.45, 7) is 0. The largest absolute Gasteiger partial charge is 0.457 e. The number of ether oxygens (including phenoxy) is 1. The molecule has 0 aliphatic heterocycles. The van der Waals surface area contributed by atoms with E-state index in [1.165, 1.54) is 41.3 Å². The Bertz CT molecular complexity index is 872. The molecule has 0 aliphatic rings. The molecule has 3 rings (SSSR count). The molecule has 0 fully saturated rings. The van der Waals surface area contributed by atoms with Crippen LogP contribution in [-0.2, 0) is 0 Å². The van der Waals surface area contributed by atoms with Crippen molar-refractivity contribution in [2.45, 2.75) is 0 Å². The summed E-state index contributed by atoms with van der Waals surface area (Å²) in [5, 5.41) is 21.5. The number of nitro groups is 1. The van der Waals surface area contributed by atoms with Crippen molar-refractivity contribution >= 4 is 17.3 Å². The van der Waals surface area contributed by atoms with Gasteiger partial charge < -0.3 is 4.74 Å². The van der Waals surface area contributed by atoms with Gasteiger partial charge in [0.2, 0.25) is 0 Å². The van der Waals surface area contributed by atoms with Gasteiger partial charge in [-0.05, 0) is 22.6 Å². The van der Waals surface area contributed by atoms with E-state index in [0.29, 0.717) is 5.69 Å². The number of hydrogen-bond donors (Lipinski definition) is 0. The zero-order valence-electron chi connectivity index (χ0n) is 11.3. The van der Waals surface area contributed by atoms with Crippen LogP contribution in [0.2, 0.25) is 5.02 Å². The highest BCUT2D eigenvalue weighted by Gasteiger charge is 2.13. The molecule has 3 aromatic rings. The fourth-order valence-corrected chi connectivity index (χ4v) is 1.99. The molecule has 0 aliphatic carbocycles. The third-order valence-electron chi connectivity index (χ3n) is 2.83. The molecule has 1 aromatic heterocycles. The molecule has 23 heavy (non-hydrogen) atoms. The van der Waals surface area contributed by atoms with Crippen LogP contribution >= 0.6 is 11.6 Å². The lowest BCUT2D eigenvalue weighted by Gasteiger charge is -2.08. The van der Waals surface area contributed by atoms with Gasteiger partial charge in [0.1, 0.15) is 23.6 Å². The fraction of sp³-hybridized carbons (Fsp3) is 0. The highest BCUT2D eigenvalue weighted by atomic mass is 35.5. The molecule has 0 saturated carbocycles. The van der Waals surface area contributed by atoms with Gasteiger partial charge in [-0.25, -0.2) is 9.07 Å². The first-order valence-electron chi connectivity index (χ1n) is 6.19. The van der Waals surface area contributed by atoms with Crippen molar-refractivity contribution in [3.8, 4) is 17.2 Å². The van der Waals surface area contributed by atoms with E-state index < -0.39 is 10.7 Å². The second-order valence-electron chi connectivity index (χ2n) is 4.37. The van der Waals surface area contributed by atoms with Crippen LogP contribution in [-0.4, -0.2) is 25.1 Å². The number of nitro benzene ring substituents is 1. The van der Waals surface area contributed by atoms with Gasteiger partial charge in [0.05, 0.1) is 21.7 Å². The van der Waals surface area contributed by atoms with Crippen molar-refractivity contribution in [2.75, 3.05) is 0 Å². The second-order valence-corrected chi connectivity index (χ2v) is 4.78. The minimum absolute atomic E-state index is 0.117. The van der Waals surface area contributed by atoms with Gasteiger partial charge in [0.25, 0.3) is 5.69 Å². The van der Waals surface area contributed by atoms with Gasteiger partial charge in [-0.15, -0.1) is 5.10 Å². The second kappa shape index (κ2) is 5.97. The van der Waals surface area contributed by atoms with Gasteiger partial charge in [-0.2, -0.15) is 0 Å². The van der Waals surface area contributed by atoms with Crippen LogP contribution in [0.15, 0.2) is 42.7 Å². The van der Waals surface area contributed by atoms with Crippen LogP contribution in [0.3, 0.4) is 0 Å². The topological polar surface area (TPSA) is 96.0 Å². The lowest BCUT2D eigenvalue weighted by Crippen LogP contribution is -1.98. The maximum absolute atomic E-state index is 13.2. The van der Waals surface area contributed by atoms with Crippen LogP contribution in [0.5, 0.6) is 11.5 Å². The van der Waals surface area contributed by atoms with Crippen molar-refractivity contribution in [1.29, 1.82) is 0 Å². The highest BCUT2D eigenvalue weighted by molar-refractivity contribution is 6.30. The van der Waals surface area contributed by atoms with Crippen molar-refractivity contribution in [3.05, 3.63) is 63.7 Å². The van der Waals surface area contributed by atoms with Gasteiger partial charge in [0, 0.05) is 18.2 Å². The molecule has 0 N–H and O–H groups in total. The minimum Gasteiger partial charge on any atom is -0.457 e. The molecule has 0 saturated heterocycles. The molecule has 0 atom stereocenters. The molecule has 0 unspecified atom stereocenters. The Morgan fingerprint density at radius 1 is 1.22 bits per heavy atom. The summed E-state index contributed by atoms with van der Waals surface area (Å²) in [5.41, 5.74) is 0.133. The first kappa shape index (κ1) is 14.9. The fourth-order valence-electron chi connectivity index (χ4n) is 1.82. The first-order valence-corrected chi connectivity index (χ1v) is 6.56. The Morgan fingerprint density at radius 3 is 2.70 bits per heavy atom. The van der Waals surface area contributed by atoms with E-state index in [4.69, 9.17) is 16.3 Å². The van der Waals surface area contributed by atoms with E-state index in [9.17, 15) is 14.5 Å². The summed E-state index contributed by atoms with van der Waals surface area (Å²) >= 11 is 5.68. The monoisotopic (exact) mass is 335 g/mol. The Morgan fingerprint density at radius 2 is 2.04 bits per heavy atom. The van der Waals surface area contributed by atoms with E-state index in [0.717, 1.165) is 6.07 Å². The van der Waals surface area contributed by atoms with E-state index in [1.807, 2.05) is 0 Å². The number of aromatic nitrogens is 4. The van der Waals surface area contributed by atoms with Gasteiger partial charge in [-0.1, -0.05) is 11.6 Å². The summed E-state index contributed by atoms with van der Waals surface area (Å²) in [7, 11) is 0. The number of non-ortho nitro benzene ring substituents is 1. The minimum atomic E-state index is -0.590. The molecule has 1 heterocycles. The Labute approximate surface area is 133 Å². The first-order chi connectivity index (χ1) is 11.0. The normalized spacial score (nSPS) is 10.5. The number of halogens is 2. The summed E-state index contributed by atoms with van der Waals surface area (Å²) in [6.07, 6.45) is 1.29. The van der Waals surface area contributed by atoms with E-state index in [2.05, 4.69) is 15.5 Å². The standard InChI is InChI=1S/C13H7ClFN5O3/c14-12-6-10(1-2-13(12)15)23-11-4-8(19-7-16-17-18-19)3-9(5-11)20(21)22/h1-7H. The molecule has 0 spiro atoms. The van der Waals surface area contributed by atoms with E-state index in [-0.39, 0.29) is 22.2 Å². The summed E-state index contributed by atoms with van der Waals surface area (Å²) in [6, 6.07) is 7.78. The van der Waals surface area contributed by atoms with Crippen LogP contribution in [0.1, 0.15) is 0 Å². The van der Waals surface area contributed by atoms with Gasteiger partial charge >= 0.3 is 0 Å². The van der Waals surface area contributed by atoms with Crippen LogP contribution in [0, 0.1) is 15.9 Å². The van der Waals surface area contributed by atoms with Crippen molar-refractivity contribution in [2.24, 2.45) is 0 Å². The number of benzene rings is 2. The third-order valence-corrected chi connectivity index (χ3v) is 3.12. The Balaban J connectivity index is 2.00. The molecule has 8 nitrogen and oxygen atoms in total. The number of nitrogens with zero attached hydrogens (tertiary/aromatic N) is 5. The quantitative estimate of drug-likeness (QED) is 0.536. The summed E-state index contributed by atoms with van der Waals surface area (Å²) in [5.74, 6) is -0.195. The molecular formula is C13H7ClFN5O3. The zero-order chi connectivity index (χ0) is 16.4. The SMILES string of the molecule is O=[N+]([O-])c1cc(Oc2ccc(F)c(Cl)c2)cc(-n2cnnn2)c1. The predicted molar refractivity (Wildman–Crippen MR) is 77.3 cm³/mol. The molecule has 10 heteroatoms. The zero-order valence-corrected chi connectivity index (χ0v) is 12.0. The maximum Gasteiger partial charge on any atom is 0.275 e. The molecule has 116 valence electrons. The van der Waals surface area contributed by atoms with Gasteiger partial charge in [0.15, 0.2) is 0 Å². The number of hydrogen-bond acceptors (Lipinski definition) is 6. The lowest BCUT2D eigenvalue weighted by molar-refractivity contribution is -0.384. The lowest BCUT2D eigenvalue weighted by atomic mass is 10.2. The smallest absolute Gasteiger partial charge is 0.275 e. The molecular weight excluding hydrogens is 329 g/mol. The van der Waals surface area contributed by atoms with Crippen molar-refractivity contribution in [3.63, 3.8) is 0 Å². The Kier molecular flexibility index (Phi) is 3.85. The van der Waals surface area contributed by atoms with E-state index in [1.54, 1.807) is 0 Å². The average Bonchev–Trinajstić information content (AvgIpc) is 3.05. The highest BCUT2D eigenvalue weighted by Crippen LogP contribution is 2.30.